The van der Waals surface area contributed by atoms with Gasteiger partial charge in [0, 0.05) is 17.0 Å². The number of benzene rings is 1. The molecule has 1 atom stereocenters. The minimum atomic E-state index is -0.424. The number of rotatable bonds is 7. The van der Waals surface area contributed by atoms with E-state index in [-0.39, 0.29) is 10.7 Å². The molecule has 1 rings (SSSR count). The second-order valence-corrected chi connectivity index (χ2v) is 8.00. The molecule has 4 heteroatoms. The quantitative estimate of drug-likeness (QED) is 0.779. The fourth-order valence-electron chi connectivity index (χ4n) is 1.75. The summed E-state index contributed by atoms with van der Waals surface area (Å²) in [5, 5.41) is 2.95. The molecule has 0 aliphatic heterocycles. The Hall–Kier alpha value is -1.16. The number of carbonyl (C=O) groups excluding carboxylic acids is 1. The van der Waals surface area contributed by atoms with Crippen LogP contribution >= 0.6 is 11.8 Å². The number of hydrogen-bond donors (Lipinski definition) is 1. The third kappa shape index (κ3) is 7.42. The molecular weight excluding hydrogens is 282 g/mol. The van der Waals surface area contributed by atoms with Crippen molar-refractivity contribution >= 4 is 17.7 Å². The molecule has 0 heterocycles. The van der Waals surface area contributed by atoms with Gasteiger partial charge in [0.1, 0.15) is 5.75 Å². The number of ether oxygens (including phenoxy) is 1. The van der Waals surface area contributed by atoms with Gasteiger partial charge in [0.05, 0.1) is 0 Å². The van der Waals surface area contributed by atoms with E-state index < -0.39 is 6.10 Å². The Balaban J connectivity index is 2.41. The zero-order valence-electron chi connectivity index (χ0n) is 13.7. The highest BCUT2D eigenvalue weighted by molar-refractivity contribution is 8.00. The van der Waals surface area contributed by atoms with Gasteiger partial charge >= 0.3 is 0 Å². The Morgan fingerprint density at radius 2 is 1.90 bits per heavy atom. The Labute approximate surface area is 132 Å². The molecule has 0 aromatic heterocycles. The average molecular weight is 309 g/mol. The first-order valence-electron chi connectivity index (χ1n) is 7.47. The maximum Gasteiger partial charge on any atom is 0.261 e. The number of aryl methyl sites for hydroxylation is 1. The number of carbonyl (C=O) groups is 1. The number of hydrogen-bond acceptors (Lipinski definition) is 3. The van der Waals surface area contributed by atoms with Crippen molar-refractivity contribution < 1.29 is 9.53 Å². The van der Waals surface area contributed by atoms with Crippen molar-refractivity contribution in [1.29, 1.82) is 0 Å². The van der Waals surface area contributed by atoms with E-state index in [0.717, 1.165) is 11.5 Å². The molecule has 0 spiro atoms. The van der Waals surface area contributed by atoms with E-state index in [9.17, 15) is 4.79 Å². The van der Waals surface area contributed by atoms with Gasteiger partial charge in [-0.25, -0.2) is 0 Å². The molecule has 3 nitrogen and oxygen atoms in total. The van der Waals surface area contributed by atoms with Crippen molar-refractivity contribution in [3.05, 3.63) is 29.8 Å². The molecule has 1 aromatic rings. The van der Waals surface area contributed by atoms with E-state index in [1.165, 1.54) is 5.56 Å². The van der Waals surface area contributed by atoms with Crippen molar-refractivity contribution in [2.24, 2.45) is 0 Å². The topological polar surface area (TPSA) is 38.3 Å². The van der Waals surface area contributed by atoms with Gasteiger partial charge < -0.3 is 10.1 Å². The molecule has 1 N–H and O–H groups in total. The van der Waals surface area contributed by atoms with Gasteiger partial charge in [0.15, 0.2) is 6.10 Å². The Kier molecular flexibility index (Phi) is 7.09. The van der Waals surface area contributed by atoms with E-state index >= 15 is 0 Å². The Morgan fingerprint density at radius 3 is 2.43 bits per heavy atom. The Morgan fingerprint density at radius 1 is 1.29 bits per heavy atom. The second kappa shape index (κ2) is 8.32. The molecule has 1 amide bonds. The highest BCUT2D eigenvalue weighted by Crippen LogP contribution is 2.22. The van der Waals surface area contributed by atoms with E-state index in [0.29, 0.717) is 13.0 Å². The van der Waals surface area contributed by atoms with Crippen molar-refractivity contribution in [3.63, 3.8) is 0 Å². The molecule has 0 saturated carbocycles. The summed E-state index contributed by atoms with van der Waals surface area (Å²) < 4.78 is 5.99. The summed E-state index contributed by atoms with van der Waals surface area (Å²) in [6, 6.07) is 7.78. The van der Waals surface area contributed by atoms with Crippen molar-refractivity contribution in [2.75, 3.05) is 12.3 Å². The SMILES string of the molecule is CC[C@@H](Oc1ccc(C)cc1)C(=O)NCCSC(C)(C)C. The van der Waals surface area contributed by atoms with Crippen LogP contribution in [0.3, 0.4) is 0 Å². The van der Waals surface area contributed by atoms with Gasteiger partial charge in [-0.3, -0.25) is 4.79 Å². The van der Waals surface area contributed by atoms with Gasteiger partial charge in [-0.15, -0.1) is 0 Å². The number of nitrogens with one attached hydrogen (secondary N) is 1. The van der Waals surface area contributed by atoms with Crippen molar-refractivity contribution in [3.8, 4) is 5.75 Å². The van der Waals surface area contributed by atoms with Crippen molar-refractivity contribution in [1.82, 2.24) is 5.32 Å². The lowest BCUT2D eigenvalue weighted by Crippen LogP contribution is -2.39. The van der Waals surface area contributed by atoms with Crippen LogP contribution in [0.1, 0.15) is 39.7 Å². The molecule has 1 aromatic carbocycles. The lowest BCUT2D eigenvalue weighted by atomic mass is 10.2. The van der Waals surface area contributed by atoms with Crippen LogP contribution in [0.4, 0.5) is 0 Å². The molecule has 0 aliphatic carbocycles. The summed E-state index contributed by atoms with van der Waals surface area (Å²) in [5.74, 6) is 1.62. The molecule has 0 bridgehead atoms. The van der Waals surface area contributed by atoms with Crippen LogP contribution < -0.4 is 10.1 Å². The highest BCUT2D eigenvalue weighted by Gasteiger charge is 2.18. The third-order valence-electron chi connectivity index (χ3n) is 2.90. The predicted molar refractivity (Wildman–Crippen MR) is 91.1 cm³/mol. The average Bonchev–Trinajstić information content (AvgIpc) is 2.41. The summed E-state index contributed by atoms with van der Waals surface area (Å²) in [4.78, 5) is 12.1. The van der Waals surface area contributed by atoms with Crippen LogP contribution in [0, 0.1) is 6.92 Å². The summed E-state index contributed by atoms with van der Waals surface area (Å²) in [6.45, 7) is 11.2. The predicted octanol–water partition coefficient (Wildman–Crippen LogP) is 3.80. The standard InChI is InChI=1S/C17H27NO2S/c1-6-15(20-14-9-7-13(2)8-10-14)16(19)18-11-12-21-17(3,4)5/h7-10,15H,6,11-12H2,1-5H3,(H,18,19)/t15-/m1/s1. The van der Waals surface area contributed by atoms with Crippen LogP contribution in [0.25, 0.3) is 0 Å². The monoisotopic (exact) mass is 309 g/mol. The van der Waals surface area contributed by atoms with Gasteiger partial charge in [0.25, 0.3) is 5.91 Å². The maximum absolute atomic E-state index is 12.1. The largest absolute Gasteiger partial charge is 0.481 e. The fraction of sp³-hybridized carbons (Fsp3) is 0.588. The first kappa shape index (κ1) is 17.9. The van der Waals surface area contributed by atoms with E-state index in [4.69, 9.17) is 4.74 Å². The lowest BCUT2D eigenvalue weighted by Gasteiger charge is -2.19. The number of amides is 1. The van der Waals surface area contributed by atoms with E-state index in [1.807, 2.05) is 49.9 Å². The molecule has 0 unspecified atom stereocenters. The van der Waals surface area contributed by atoms with E-state index in [1.54, 1.807) is 0 Å². The molecule has 0 saturated heterocycles. The summed E-state index contributed by atoms with van der Waals surface area (Å²) in [5.41, 5.74) is 1.18. The van der Waals surface area contributed by atoms with Gasteiger partial charge in [0.2, 0.25) is 0 Å². The first-order valence-corrected chi connectivity index (χ1v) is 8.45. The summed E-state index contributed by atoms with van der Waals surface area (Å²) >= 11 is 1.84. The fourth-order valence-corrected chi connectivity index (χ4v) is 2.57. The summed E-state index contributed by atoms with van der Waals surface area (Å²) in [6.07, 6.45) is 0.235. The second-order valence-electron chi connectivity index (χ2n) is 6.08. The van der Waals surface area contributed by atoms with Gasteiger partial charge in [-0.1, -0.05) is 45.4 Å². The lowest BCUT2D eigenvalue weighted by molar-refractivity contribution is -0.127. The van der Waals surface area contributed by atoms with Crippen LogP contribution in [0.2, 0.25) is 0 Å². The minimum absolute atomic E-state index is 0.0346. The van der Waals surface area contributed by atoms with Crippen molar-refractivity contribution in [2.45, 2.75) is 51.9 Å². The smallest absolute Gasteiger partial charge is 0.261 e. The number of thioether (sulfide) groups is 1. The molecule has 0 fully saturated rings. The molecule has 0 aliphatic rings. The van der Waals surface area contributed by atoms with Crippen LogP contribution in [-0.4, -0.2) is 29.1 Å². The van der Waals surface area contributed by atoms with Crippen LogP contribution in [0.5, 0.6) is 5.75 Å². The maximum atomic E-state index is 12.1. The molecule has 0 radical (unpaired) electrons. The van der Waals surface area contributed by atoms with Gasteiger partial charge in [-0.05, 0) is 25.5 Å². The molecule has 118 valence electrons. The van der Waals surface area contributed by atoms with Crippen LogP contribution in [0.15, 0.2) is 24.3 Å². The highest BCUT2D eigenvalue weighted by atomic mass is 32.2. The van der Waals surface area contributed by atoms with E-state index in [2.05, 4.69) is 26.1 Å². The zero-order valence-corrected chi connectivity index (χ0v) is 14.5. The Bertz CT molecular complexity index is 437. The normalized spacial score (nSPS) is 12.8. The zero-order chi connectivity index (χ0) is 15.9. The molecule has 21 heavy (non-hydrogen) atoms. The summed E-state index contributed by atoms with van der Waals surface area (Å²) in [7, 11) is 0. The third-order valence-corrected chi connectivity index (χ3v) is 4.17. The van der Waals surface area contributed by atoms with Crippen LogP contribution in [-0.2, 0) is 4.79 Å². The molecular formula is C17H27NO2S. The first-order chi connectivity index (χ1) is 9.81. The van der Waals surface area contributed by atoms with Gasteiger partial charge in [-0.2, -0.15) is 11.8 Å². The minimum Gasteiger partial charge on any atom is -0.481 e.